The molecule has 0 bridgehead atoms. The van der Waals surface area contributed by atoms with Gasteiger partial charge in [-0.25, -0.2) is 9.78 Å². The van der Waals surface area contributed by atoms with Crippen molar-refractivity contribution in [3.63, 3.8) is 0 Å². The molecule has 1 heterocycles. The van der Waals surface area contributed by atoms with Crippen molar-refractivity contribution in [1.29, 1.82) is 0 Å². The zero-order valence-electron chi connectivity index (χ0n) is 11.5. The molecule has 0 saturated heterocycles. The number of hydrogen-bond acceptors (Lipinski definition) is 4. The van der Waals surface area contributed by atoms with Gasteiger partial charge in [0.1, 0.15) is 5.82 Å². The minimum atomic E-state index is -0.945. The third-order valence-electron chi connectivity index (χ3n) is 4.09. The monoisotopic (exact) mass is 263 g/mol. The number of nitrogens with zero attached hydrogens (tertiary/aromatic N) is 2. The van der Waals surface area contributed by atoms with E-state index in [9.17, 15) is 4.79 Å². The van der Waals surface area contributed by atoms with Crippen molar-refractivity contribution < 1.29 is 9.90 Å². The van der Waals surface area contributed by atoms with Crippen molar-refractivity contribution in [1.82, 2.24) is 9.88 Å². The highest BCUT2D eigenvalue weighted by atomic mass is 16.4. The van der Waals surface area contributed by atoms with Crippen LogP contribution in [0.2, 0.25) is 0 Å². The first-order valence-corrected chi connectivity index (χ1v) is 6.64. The van der Waals surface area contributed by atoms with Gasteiger partial charge in [-0.1, -0.05) is 12.8 Å². The first kappa shape index (κ1) is 13.8. The van der Waals surface area contributed by atoms with Gasteiger partial charge in [-0.3, -0.25) is 0 Å². The maximum atomic E-state index is 10.8. The van der Waals surface area contributed by atoms with Crippen LogP contribution in [0.15, 0.2) is 18.3 Å². The Bertz CT molecular complexity index is 437. The number of aromatic carboxylic acids is 1. The maximum Gasteiger partial charge on any atom is 0.337 e. The average molecular weight is 263 g/mol. The fraction of sp³-hybridized carbons (Fsp3) is 0.571. The molecule has 5 nitrogen and oxygen atoms in total. The quantitative estimate of drug-likeness (QED) is 0.851. The van der Waals surface area contributed by atoms with Crippen LogP contribution in [-0.4, -0.2) is 47.1 Å². The molecule has 0 aromatic carbocycles. The molecule has 0 unspecified atom stereocenters. The second-order valence-corrected chi connectivity index (χ2v) is 5.42. The number of pyridine rings is 1. The van der Waals surface area contributed by atoms with Crippen molar-refractivity contribution in [3.8, 4) is 0 Å². The van der Waals surface area contributed by atoms with Gasteiger partial charge in [-0.05, 0) is 39.1 Å². The summed E-state index contributed by atoms with van der Waals surface area (Å²) in [4.78, 5) is 17.2. The van der Waals surface area contributed by atoms with E-state index < -0.39 is 5.97 Å². The fourth-order valence-electron chi connectivity index (χ4n) is 2.70. The van der Waals surface area contributed by atoms with Crippen molar-refractivity contribution in [2.75, 3.05) is 26.0 Å². The van der Waals surface area contributed by atoms with E-state index in [0.717, 1.165) is 12.4 Å². The molecule has 5 heteroatoms. The molecule has 1 fully saturated rings. The Hall–Kier alpha value is -1.62. The van der Waals surface area contributed by atoms with Gasteiger partial charge < -0.3 is 15.3 Å². The largest absolute Gasteiger partial charge is 0.478 e. The molecular weight excluding hydrogens is 242 g/mol. The topological polar surface area (TPSA) is 65.5 Å². The number of rotatable bonds is 5. The lowest BCUT2D eigenvalue weighted by Gasteiger charge is -2.36. The minimum absolute atomic E-state index is 0.202. The summed E-state index contributed by atoms with van der Waals surface area (Å²) < 4.78 is 0. The summed E-state index contributed by atoms with van der Waals surface area (Å²) in [7, 11) is 4.24. The molecule has 1 aliphatic carbocycles. The number of nitrogens with one attached hydrogen (secondary N) is 1. The fourth-order valence-corrected chi connectivity index (χ4v) is 2.70. The van der Waals surface area contributed by atoms with E-state index in [1.165, 1.54) is 31.9 Å². The van der Waals surface area contributed by atoms with Gasteiger partial charge in [0.15, 0.2) is 0 Å². The Morgan fingerprint density at radius 1 is 1.42 bits per heavy atom. The molecule has 0 spiro atoms. The van der Waals surface area contributed by atoms with Gasteiger partial charge in [-0.2, -0.15) is 0 Å². The van der Waals surface area contributed by atoms with Crippen LogP contribution >= 0.6 is 0 Å². The first-order chi connectivity index (χ1) is 9.03. The van der Waals surface area contributed by atoms with Crippen molar-refractivity contribution in [2.24, 2.45) is 0 Å². The number of aromatic nitrogens is 1. The van der Waals surface area contributed by atoms with Crippen molar-refractivity contribution in [2.45, 2.75) is 31.2 Å². The van der Waals surface area contributed by atoms with Gasteiger partial charge in [-0.15, -0.1) is 0 Å². The third kappa shape index (κ3) is 3.04. The van der Waals surface area contributed by atoms with E-state index in [2.05, 4.69) is 29.3 Å². The van der Waals surface area contributed by atoms with Crippen LogP contribution in [-0.2, 0) is 0 Å². The van der Waals surface area contributed by atoms with Crippen molar-refractivity contribution >= 4 is 11.8 Å². The van der Waals surface area contributed by atoms with Crippen LogP contribution in [0.25, 0.3) is 0 Å². The molecule has 1 saturated carbocycles. The second-order valence-electron chi connectivity index (χ2n) is 5.42. The molecule has 2 rings (SSSR count). The Morgan fingerprint density at radius 3 is 2.58 bits per heavy atom. The lowest BCUT2D eigenvalue weighted by atomic mass is 9.96. The average Bonchev–Trinajstić information content (AvgIpc) is 2.87. The predicted molar refractivity (Wildman–Crippen MR) is 74.6 cm³/mol. The number of anilines is 1. The Labute approximate surface area is 113 Å². The van der Waals surface area contributed by atoms with Gasteiger partial charge in [0, 0.05) is 18.3 Å². The summed E-state index contributed by atoms with van der Waals surface area (Å²) in [5, 5.41) is 12.2. The lowest BCUT2D eigenvalue weighted by molar-refractivity contribution is 0.0696. The van der Waals surface area contributed by atoms with Crippen molar-refractivity contribution in [3.05, 3.63) is 23.9 Å². The molecule has 2 N–H and O–H groups in total. The van der Waals surface area contributed by atoms with Crippen LogP contribution in [0.5, 0.6) is 0 Å². The number of carbonyl (C=O) groups is 1. The van der Waals surface area contributed by atoms with E-state index in [-0.39, 0.29) is 11.1 Å². The summed E-state index contributed by atoms with van der Waals surface area (Å²) in [5.41, 5.74) is 0.418. The summed E-state index contributed by atoms with van der Waals surface area (Å²) in [6.07, 6.45) is 6.32. The standard InChI is InChI=1S/C14H21N3O2/c1-17(2)14(7-3-4-8-14)10-16-12-6-5-11(9-15-12)13(18)19/h5-6,9H,3-4,7-8,10H2,1-2H3,(H,15,16)(H,18,19). The minimum Gasteiger partial charge on any atom is -0.478 e. The second kappa shape index (κ2) is 5.57. The maximum absolute atomic E-state index is 10.8. The normalized spacial score (nSPS) is 17.6. The summed E-state index contributed by atoms with van der Waals surface area (Å²) in [5.74, 6) is -0.210. The van der Waals surface area contributed by atoms with Crippen LogP contribution in [0, 0.1) is 0 Å². The Kier molecular flexibility index (Phi) is 4.04. The Morgan fingerprint density at radius 2 is 2.11 bits per heavy atom. The number of hydrogen-bond donors (Lipinski definition) is 2. The van der Waals surface area contributed by atoms with Gasteiger partial charge in [0.25, 0.3) is 0 Å². The van der Waals surface area contributed by atoms with E-state index >= 15 is 0 Å². The molecule has 104 valence electrons. The molecule has 0 atom stereocenters. The van der Waals surface area contributed by atoms with Gasteiger partial charge >= 0.3 is 5.97 Å². The highest BCUT2D eigenvalue weighted by Crippen LogP contribution is 2.33. The van der Waals surface area contributed by atoms with E-state index in [1.807, 2.05) is 0 Å². The Balaban J connectivity index is 1.99. The SMILES string of the molecule is CN(C)C1(CNc2ccc(C(=O)O)cn2)CCCC1. The zero-order chi connectivity index (χ0) is 13.9. The smallest absolute Gasteiger partial charge is 0.337 e. The molecule has 19 heavy (non-hydrogen) atoms. The van der Waals surface area contributed by atoms with E-state index in [4.69, 9.17) is 5.11 Å². The van der Waals surface area contributed by atoms with E-state index in [1.54, 1.807) is 12.1 Å². The highest BCUT2D eigenvalue weighted by molar-refractivity contribution is 5.87. The number of carboxylic acids is 1. The van der Waals surface area contributed by atoms with Gasteiger partial charge in [0.2, 0.25) is 0 Å². The molecule has 1 aliphatic rings. The van der Waals surface area contributed by atoms with Crippen LogP contribution in [0.4, 0.5) is 5.82 Å². The summed E-state index contributed by atoms with van der Waals surface area (Å²) in [6.45, 7) is 0.847. The molecule has 1 aromatic rings. The van der Waals surface area contributed by atoms with Crippen LogP contribution in [0.1, 0.15) is 36.0 Å². The summed E-state index contributed by atoms with van der Waals surface area (Å²) in [6, 6.07) is 3.30. The zero-order valence-corrected chi connectivity index (χ0v) is 11.5. The van der Waals surface area contributed by atoms with Crippen LogP contribution in [0.3, 0.4) is 0 Å². The molecule has 0 radical (unpaired) electrons. The van der Waals surface area contributed by atoms with E-state index in [0.29, 0.717) is 0 Å². The third-order valence-corrected chi connectivity index (χ3v) is 4.09. The first-order valence-electron chi connectivity index (χ1n) is 6.64. The number of carboxylic acid groups (broad SMARTS) is 1. The number of likely N-dealkylation sites (N-methyl/N-ethyl adjacent to an activating group) is 1. The highest BCUT2D eigenvalue weighted by Gasteiger charge is 2.35. The summed E-state index contributed by atoms with van der Waals surface area (Å²) >= 11 is 0. The predicted octanol–water partition coefficient (Wildman–Crippen LogP) is 2.07. The van der Waals surface area contributed by atoms with Crippen LogP contribution < -0.4 is 5.32 Å². The molecule has 1 aromatic heterocycles. The lowest BCUT2D eigenvalue weighted by Crippen LogP contribution is -2.47. The molecular formula is C14H21N3O2. The molecule has 0 amide bonds. The van der Waals surface area contributed by atoms with Gasteiger partial charge in [0.05, 0.1) is 5.56 Å². The molecule has 0 aliphatic heterocycles.